The number of rotatable bonds is 6. The fraction of sp³-hybridized carbons (Fsp3) is 0.154. The lowest BCUT2D eigenvalue weighted by atomic mass is 10.2. The standard InChI is InChI=1S/C13H13FN2O4S/c1-2-5-15-13(20)16-11(17)7-21-8-3-4-10(14)9(6-8)12(18)19/h2-4,6H,1,5,7H2,(H,18,19)(H2,15,16,17,20). The molecule has 0 aliphatic carbocycles. The number of carboxylic acids is 1. The van der Waals surface area contributed by atoms with E-state index in [9.17, 15) is 18.8 Å². The molecule has 6 nitrogen and oxygen atoms in total. The van der Waals surface area contributed by atoms with Crippen molar-refractivity contribution in [3.63, 3.8) is 0 Å². The number of hydrogen-bond acceptors (Lipinski definition) is 4. The molecule has 1 aromatic carbocycles. The van der Waals surface area contributed by atoms with Crippen LogP contribution in [0.2, 0.25) is 0 Å². The summed E-state index contributed by atoms with van der Waals surface area (Å²) in [5.74, 6) is -2.89. The van der Waals surface area contributed by atoms with E-state index in [1.165, 1.54) is 12.1 Å². The average molecular weight is 312 g/mol. The molecule has 1 aromatic rings. The largest absolute Gasteiger partial charge is 0.478 e. The number of benzene rings is 1. The smallest absolute Gasteiger partial charge is 0.338 e. The molecule has 0 fully saturated rings. The van der Waals surface area contributed by atoms with Crippen molar-refractivity contribution in [1.29, 1.82) is 0 Å². The number of urea groups is 1. The molecule has 0 saturated heterocycles. The fourth-order valence-electron chi connectivity index (χ4n) is 1.28. The number of carbonyl (C=O) groups is 3. The van der Waals surface area contributed by atoms with Crippen LogP contribution in [0.3, 0.4) is 0 Å². The second-order valence-corrected chi connectivity index (χ2v) is 4.83. The molecule has 0 aliphatic heterocycles. The van der Waals surface area contributed by atoms with Crippen molar-refractivity contribution in [2.24, 2.45) is 0 Å². The summed E-state index contributed by atoms with van der Waals surface area (Å²) in [6, 6.07) is 2.86. The molecule has 0 saturated carbocycles. The Labute approximate surface area is 124 Å². The van der Waals surface area contributed by atoms with Gasteiger partial charge in [-0.1, -0.05) is 6.08 Å². The number of hydrogen-bond donors (Lipinski definition) is 3. The Hall–Kier alpha value is -2.35. The Morgan fingerprint density at radius 3 is 2.71 bits per heavy atom. The van der Waals surface area contributed by atoms with E-state index in [1.54, 1.807) is 0 Å². The van der Waals surface area contributed by atoms with Gasteiger partial charge >= 0.3 is 12.0 Å². The molecule has 0 aliphatic rings. The van der Waals surface area contributed by atoms with E-state index in [4.69, 9.17) is 5.11 Å². The second-order valence-electron chi connectivity index (χ2n) is 3.78. The molecule has 0 atom stereocenters. The Balaban J connectivity index is 2.53. The summed E-state index contributed by atoms with van der Waals surface area (Å²) in [5.41, 5.74) is -0.468. The van der Waals surface area contributed by atoms with Crippen LogP contribution >= 0.6 is 11.8 Å². The highest BCUT2D eigenvalue weighted by atomic mass is 32.2. The van der Waals surface area contributed by atoms with Crippen LogP contribution in [0.4, 0.5) is 9.18 Å². The molecule has 1 rings (SSSR count). The predicted molar refractivity (Wildman–Crippen MR) is 75.8 cm³/mol. The van der Waals surface area contributed by atoms with Crippen LogP contribution in [0, 0.1) is 5.82 Å². The van der Waals surface area contributed by atoms with Gasteiger partial charge in [-0.3, -0.25) is 10.1 Å². The van der Waals surface area contributed by atoms with Crippen LogP contribution < -0.4 is 10.6 Å². The summed E-state index contributed by atoms with van der Waals surface area (Å²) in [6.45, 7) is 3.64. The summed E-state index contributed by atoms with van der Waals surface area (Å²) in [4.78, 5) is 33.8. The van der Waals surface area contributed by atoms with Crippen molar-refractivity contribution in [1.82, 2.24) is 10.6 Å². The van der Waals surface area contributed by atoms with Crippen molar-refractivity contribution in [2.75, 3.05) is 12.3 Å². The van der Waals surface area contributed by atoms with E-state index in [1.807, 2.05) is 0 Å². The monoisotopic (exact) mass is 312 g/mol. The molecular weight excluding hydrogens is 299 g/mol. The highest BCUT2D eigenvalue weighted by molar-refractivity contribution is 8.00. The fourth-order valence-corrected chi connectivity index (χ4v) is 2.01. The third-order valence-corrected chi connectivity index (χ3v) is 3.19. The molecule has 112 valence electrons. The molecule has 3 amide bonds. The lowest BCUT2D eigenvalue weighted by Crippen LogP contribution is -2.40. The number of imide groups is 1. The normalized spacial score (nSPS) is 9.76. The van der Waals surface area contributed by atoms with Crippen molar-refractivity contribution in [2.45, 2.75) is 4.90 Å². The molecule has 0 spiro atoms. The Morgan fingerprint density at radius 2 is 2.10 bits per heavy atom. The topological polar surface area (TPSA) is 95.5 Å². The van der Waals surface area contributed by atoms with E-state index in [-0.39, 0.29) is 12.3 Å². The molecule has 0 radical (unpaired) electrons. The highest BCUT2D eigenvalue weighted by Crippen LogP contribution is 2.21. The summed E-state index contributed by atoms with van der Waals surface area (Å²) in [5, 5.41) is 13.2. The minimum absolute atomic E-state index is 0.105. The number of thioether (sulfide) groups is 1. The first-order valence-corrected chi connectivity index (χ1v) is 6.76. The number of amides is 3. The van der Waals surface area contributed by atoms with E-state index in [0.717, 1.165) is 23.9 Å². The predicted octanol–water partition coefficient (Wildman–Crippen LogP) is 1.63. The van der Waals surface area contributed by atoms with Gasteiger partial charge < -0.3 is 10.4 Å². The van der Waals surface area contributed by atoms with Gasteiger partial charge in [0.05, 0.1) is 11.3 Å². The Morgan fingerprint density at radius 1 is 1.38 bits per heavy atom. The van der Waals surface area contributed by atoms with Crippen molar-refractivity contribution >= 4 is 29.7 Å². The van der Waals surface area contributed by atoms with Crippen LogP contribution in [-0.4, -0.2) is 35.3 Å². The van der Waals surface area contributed by atoms with Gasteiger partial charge in [-0.25, -0.2) is 14.0 Å². The maximum absolute atomic E-state index is 13.2. The summed E-state index contributed by atoms with van der Waals surface area (Å²) in [6.07, 6.45) is 1.46. The first kappa shape index (κ1) is 16.7. The quantitative estimate of drug-likeness (QED) is 0.548. The summed E-state index contributed by atoms with van der Waals surface area (Å²) >= 11 is 0.992. The number of halogens is 1. The zero-order valence-electron chi connectivity index (χ0n) is 10.9. The average Bonchev–Trinajstić information content (AvgIpc) is 2.43. The minimum Gasteiger partial charge on any atom is -0.478 e. The van der Waals surface area contributed by atoms with Gasteiger partial charge in [0.1, 0.15) is 5.82 Å². The minimum atomic E-state index is -1.39. The summed E-state index contributed by atoms with van der Waals surface area (Å²) < 4.78 is 13.2. The van der Waals surface area contributed by atoms with Crippen LogP contribution in [-0.2, 0) is 4.79 Å². The molecule has 0 bridgehead atoms. The number of carbonyl (C=O) groups excluding carboxylic acids is 2. The lowest BCUT2D eigenvalue weighted by molar-refractivity contribution is -0.117. The van der Waals surface area contributed by atoms with Crippen molar-refractivity contribution in [3.05, 3.63) is 42.2 Å². The van der Waals surface area contributed by atoms with Crippen molar-refractivity contribution in [3.8, 4) is 0 Å². The lowest BCUT2D eigenvalue weighted by Gasteiger charge is -2.05. The third kappa shape index (κ3) is 5.65. The van der Waals surface area contributed by atoms with Crippen LogP contribution in [0.5, 0.6) is 0 Å². The molecular formula is C13H13FN2O4S. The van der Waals surface area contributed by atoms with Gasteiger partial charge in [-0.2, -0.15) is 0 Å². The van der Waals surface area contributed by atoms with E-state index in [0.29, 0.717) is 4.90 Å². The first-order chi connectivity index (χ1) is 9.93. The zero-order chi connectivity index (χ0) is 15.8. The highest BCUT2D eigenvalue weighted by Gasteiger charge is 2.12. The van der Waals surface area contributed by atoms with Gasteiger partial charge in [0.25, 0.3) is 0 Å². The van der Waals surface area contributed by atoms with Gasteiger partial charge in [-0.15, -0.1) is 18.3 Å². The maximum Gasteiger partial charge on any atom is 0.338 e. The number of carboxylic acid groups (broad SMARTS) is 1. The molecule has 8 heteroatoms. The SMILES string of the molecule is C=CCNC(=O)NC(=O)CSc1ccc(F)c(C(=O)O)c1. The molecule has 0 aromatic heterocycles. The van der Waals surface area contributed by atoms with Crippen LogP contribution in [0.15, 0.2) is 35.7 Å². The second kappa shape index (κ2) is 8.05. The van der Waals surface area contributed by atoms with Crippen LogP contribution in [0.1, 0.15) is 10.4 Å². The Bertz CT molecular complexity index is 577. The first-order valence-electron chi connectivity index (χ1n) is 5.78. The van der Waals surface area contributed by atoms with E-state index < -0.39 is 29.3 Å². The molecule has 0 unspecified atom stereocenters. The zero-order valence-corrected chi connectivity index (χ0v) is 11.7. The molecule has 0 heterocycles. The van der Waals surface area contributed by atoms with Crippen LogP contribution in [0.25, 0.3) is 0 Å². The Kier molecular flexibility index (Phi) is 6.41. The molecule has 21 heavy (non-hydrogen) atoms. The van der Waals surface area contributed by atoms with Gasteiger partial charge in [-0.05, 0) is 18.2 Å². The van der Waals surface area contributed by atoms with Crippen molar-refractivity contribution < 1.29 is 23.9 Å². The van der Waals surface area contributed by atoms with E-state index >= 15 is 0 Å². The van der Waals surface area contributed by atoms with Gasteiger partial charge in [0.15, 0.2) is 0 Å². The summed E-state index contributed by atoms with van der Waals surface area (Å²) in [7, 11) is 0. The maximum atomic E-state index is 13.2. The van der Waals surface area contributed by atoms with Gasteiger partial charge in [0, 0.05) is 11.4 Å². The van der Waals surface area contributed by atoms with E-state index in [2.05, 4.69) is 17.2 Å². The number of aromatic carboxylic acids is 1. The molecule has 3 N–H and O–H groups in total. The number of nitrogens with one attached hydrogen (secondary N) is 2. The van der Waals surface area contributed by atoms with Gasteiger partial charge in [0.2, 0.25) is 5.91 Å². The third-order valence-electron chi connectivity index (χ3n) is 2.20.